The molecule has 26 heavy (non-hydrogen) atoms. The van der Waals surface area contributed by atoms with E-state index in [2.05, 4.69) is 20.8 Å². The predicted octanol–water partition coefficient (Wildman–Crippen LogP) is 3.52. The summed E-state index contributed by atoms with van der Waals surface area (Å²) >= 11 is 0. The second kappa shape index (κ2) is 8.20. The second-order valence-corrected chi connectivity index (χ2v) is 5.85. The summed E-state index contributed by atoms with van der Waals surface area (Å²) in [4.78, 5) is 15.4. The van der Waals surface area contributed by atoms with Crippen molar-refractivity contribution in [2.75, 3.05) is 11.9 Å². The Hall–Kier alpha value is -3.28. The molecule has 1 aromatic heterocycles. The third kappa shape index (κ3) is 4.22. The largest absolute Gasteiger partial charge is 0.494 e. The molecule has 1 atom stereocenters. The van der Waals surface area contributed by atoms with E-state index in [0.29, 0.717) is 6.61 Å². The summed E-state index contributed by atoms with van der Waals surface area (Å²) in [6, 6.07) is 15.0. The Morgan fingerprint density at radius 2 is 2.00 bits per heavy atom. The molecule has 0 saturated carbocycles. The number of aromatic amines is 1. The Labute approximate surface area is 152 Å². The first-order chi connectivity index (χ1) is 12.7. The molecule has 2 aromatic carbocycles. The second-order valence-electron chi connectivity index (χ2n) is 5.85. The van der Waals surface area contributed by atoms with Crippen LogP contribution in [-0.2, 0) is 4.79 Å². The molecule has 0 spiro atoms. The number of carbonyl (C=O) groups is 1. The molecule has 0 saturated heterocycles. The molecular weight excluding hydrogens is 328 g/mol. The quantitative estimate of drug-likeness (QED) is 0.451. The van der Waals surface area contributed by atoms with Gasteiger partial charge in [0.15, 0.2) is 0 Å². The lowest BCUT2D eigenvalue weighted by atomic mass is 10.2. The third-order valence-corrected chi connectivity index (χ3v) is 3.94. The number of H-pyrrole nitrogens is 1. The molecule has 6 nitrogen and oxygen atoms in total. The minimum absolute atomic E-state index is 0.213. The van der Waals surface area contributed by atoms with E-state index in [-0.39, 0.29) is 5.91 Å². The van der Waals surface area contributed by atoms with Gasteiger partial charge in [-0.1, -0.05) is 18.2 Å². The number of fused-ring (bicyclic) bond motifs is 1. The number of nitrogens with zero attached hydrogens (tertiary/aromatic N) is 1. The van der Waals surface area contributed by atoms with Gasteiger partial charge in [0.25, 0.3) is 5.91 Å². The molecule has 0 aliphatic carbocycles. The fourth-order valence-electron chi connectivity index (χ4n) is 2.59. The van der Waals surface area contributed by atoms with Gasteiger partial charge in [-0.05, 0) is 44.2 Å². The van der Waals surface area contributed by atoms with Crippen LogP contribution in [0.5, 0.6) is 5.75 Å². The van der Waals surface area contributed by atoms with E-state index in [9.17, 15) is 4.79 Å². The highest BCUT2D eigenvalue weighted by Gasteiger charge is 2.11. The fraction of sp³-hybridized carbons (Fsp3) is 0.200. The number of rotatable bonds is 7. The lowest BCUT2D eigenvalue weighted by molar-refractivity contribution is -0.121. The van der Waals surface area contributed by atoms with Crippen LogP contribution < -0.4 is 15.5 Å². The highest BCUT2D eigenvalue weighted by atomic mass is 16.5. The van der Waals surface area contributed by atoms with Crippen LogP contribution in [0.3, 0.4) is 0 Å². The summed E-state index contributed by atoms with van der Waals surface area (Å²) in [5.41, 5.74) is 5.37. The van der Waals surface area contributed by atoms with Crippen LogP contribution in [0.15, 0.2) is 59.8 Å². The van der Waals surface area contributed by atoms with Crippen molar-refractivity contribution >= 4 is 28.7 Å². The molecule has 0 bridgehead atoms. The van der Waals surface area contributed by atoms with E-state index in [1.807, 2.05) is 61.7 Å². The average Bonchev–Trinajstić information content (AvgIpc) is 3.07. The third-order valence-electron chi connectivity index (χ3n) is 3.94. The molecule has 0 aliphatic heterocycles. The monoisotopic (exact) mass is 350 g/mol. The van der Waals surface area contributed by atoms with Gasteiger partial charge >= 0.3 is 0 Å². The summed E-state index contributed by atoms with van der Waals surface area (Å²) in [6.45, 7) is 4.35. The van der Waals surface area contributed by atoms with Gasteiger partial charge in [0.2, 0.25) is 0 Å². The summed E-state index contributed by atoms with van der Waals surface area (Å²) < 4.78 is 5.40. The van der Waals surface area contributed by atoms with Gasteiger partial charge < -0.3 is 15.0 Å². The van der Waals surface area contributed by atoms with Crippen molar-refractivity contribution in [2.45, 2.75) is 19.9 Å². The average molecular weight is 350 g/mol. The summed E-state index contributed by atoms with van der Waals surface area (Å²) in [7, 11) is 0. The van der Waals surface area contributed by atoms with Gasteiger partial charge in [0, 0.05) is 28.4 Å². The number of para-hydroxylation sites is 1. The van der Waals surface area contributed by atoms with Gasteiger partial charge in [-0.15, -0.1) is 0 Å². The number of hydrogen-bond donors (Lipinski definition) is 3. The zero-order valence-electron chi connectivity index (χ0n) is 14.8. The lowest BCUT2D eigenvalue weighted by Gasteiger charge is -2.13. The number of amides is 1. The molecular formula is C20H22N4O2. The lowest BCUT2D eigenvalue weighted by Crippen LogP contribution is -2.34. The number of nitrogens with one attached hydrogen (secondary N) is 3. The SMILES string of the molecule is CCOc1ccc(N[C@H](C)C(=O)N/N=C\c2c[nH]c3ccccc23)cc1. The first-order valence-electron chi connectivity index (χ1n) is 8.56. The minimum Gasteiger partial charge on any atom is -0.494 e. The van der Waals surface area contributed by atoms with Crippen LogP contribution in [-0.4, -0.2) is 29.8 Å². The molecule has 6 heteroatoms. The van der Waals surface area contributed by atoms with E-state index < -0.39 is 6.04 Å². The van der Waals surface area contributed by atoms with Gasteiger partial charge in [0.1, 0.15) is 11.8 Å². The van der Waals surface area contributed by atoms with Crippen molar-refractivity contribution in [1.82, 2.24) is 10.4 Å². The zero-order chi connectivity index (χ0) is 18.4. The van der Waals surface area contributed by atoms with Crippen LogP contribution in [0.2, 0.25) is 0 Å². The van der Waals surface area contributed by atoms with Gasteiger partial charge in [0.05, 0.1) is 12.8 Å². The van der Waals surface area contributed by atoms with Crippen LogP contribution in [0.1, 0.15) is 19.4 Å². The van der Waals surface area contributed by atoms with Crippen LogP contribution in [0, 0.1) is 0 Å². The molecule has 1 heterocycles. The highest BCUT2D eigenvalue weighted by Crippen LogP contribution is 2.17. The van der Waals surface area contributed by atoms with Crippen LogP contribution in [0.25, 0.3) is 10.9 Å². The van der Waals surface area contributed by atoms with E-state index in [0.717, 1.165) is 27.9 Å². The summed E-state index contributed by atoms with van der Waals surface area (Å²) in [5, 5.41) is 8.26. The Morgan fingerprint density at radius 3 is 2.77 bits per heavy atom. The number of benzene rings is 2. The topological polar surface area (TPSA) is 78.5 Å². The number of aromatic nitrogens is 1. The fourth-order valence-corrected chi connectivity index (χ4v) is 2.59. The van der Waals surface area contributed by atoms with E-state index in [1.54, 1.807) is 13.1 Å². The number of hydrogen-bond acceptors (Lipinski definition) is 4. The first-order valence-corrected chi connectivity index (χ1v) is 8.56. The molecule has 0 aliphatic rings. The molecule has 0 unspecified atom stereocenters. The number of hydrazone groups is 1. The normalized spacial score (nSPS) is 12.2. The zero-order valence-corrected chi connectivity index (χ0v) is 14.8. The molecule has 1 amide bonds. The van der Waals surface area contributed by atoms with Gasteiger partial charge in [-0.25, -0.2) is 5.43 Å². The maximum absolute atomic E-state index is 12.2. The molecule has 0 fully saturated rings. The smallest absolute Gasteiger partial charge is 0.262 e. The Bertz CT molecular complexity index is 900. The summed E-state index contributed by atoms with van der Waals surface area (Å²) in [5.74, 6) is 0.591. The van der Waals surface area contributed by atoms with Gasteiger partial charge in [-0.3, -0.25) is 4.79 Å². The molecule has 0 radical (unpaired) electrons. The predicted molar refractivity (Wildman–Crippen MR) is 105 cm³/mol. The number of ether oxygens (including phenoxy) is 1. The molecule has 134 valence electrons. The van der Waals surface area contributed by atoms with Crippen molar-refractivity contribution in [1.29, 1.82) is 0 Å². The number of carbonyl (C=O) groups excluding carboxylic acids is 1. The van der Waals surface area contributed by atoms with E-state index >= 15 is 0 Å². The Kier molecular flexibility index (Phi) is 5.53. The van der Waals surface area contributed by atoms with Crippen LogP contribution >= 0.6 is 0 Å². The summed E-state index contributed by atoms with van der Waals surface area (Å²) in [6.07, 6.45) is 3.50. The van der Waals surface area contributed by atoms with E-state index in [1.165, 1.54) is 0 Å². The van der Waals surface area contributed by atoms with Crippen molar-refractivity contribution in [3.05, 3.63) is 60.3 Å². The minimum atomic E-state index is -0.423. The van der Waals surface area contributed by atoms with Crippen LogP contribution in [0.4, 0.5) is 5.69 Å². The highest BCUT2D eigenvalue weighted by molar-refractivity contribution is 5.99. The van der Waals surface area contributed by atoms with Crippen molar-refractivity contribution < 1.29 is 9.53 Å². The first kappa shape index (κ1) is 17.5. The Morgan fingerprint density at radius 1 is 1.23 bits per heavy atom. The Balaban J connectivity index is 1.55. The number of anilines is 1. The maximum Gasteiger partial charge on any atom is 0.262 e. The maximum atomic E-state index is 12.2. The van der Waals surface area contributed by atoms with Crippen molar-refractivity contribution in [3.8, 4) is 5.75 Å². The van der Waals surface area contributed by atoms with Crippen molar-refractivity contribution in [3.63, 3.8) is 0 Å². The molecule has 3 aromatic rings. The molecule has 3 N–H and O–H groups in total. The standard InChI is InChI=1S/C20H22N4O2/c1-3-26-17-10-8-16(9-11-17)23-14(2)20(25)24-22-13-15-12-21-19-7-5-4-6-18(15)19/h4-14,21,23H,3H2,1-2H3,(H,24,25)/b22-13-/t14-/m1/s1. The van der Waals surface area contributed by atoms with E-state index in [4.69, 9.17) is 4.74 Å². The van der Waals surface area contributed by atoms with Crippen molar-refractivity contribution in [2.24, 2.45) is 5.10 Å². The van der Waals surface area contributed by atoms with Gasteiger partial charge in [-0.2, -0.15) is 5.10 Å². The molecule has 3 rings (SSSR count).